The van der Waals surface area contributed by atoms with Crippen molar-refractivity contribution in [3.05, 3.63) is 23.7 Å². The average Bonchev–Trinajstić information content (AvgIpc) is 2.85. The van der Waals surface area contributed by atoms with Crippen LogP contribution < -0.4 is 11.1 Å². The lowest BCUT2D eigenvalue weighted by molar-refractivity contribution is -0.122. The lowest BCUT2D eigenvalue weighted by Crippen LogP contribution is -2.41. The van der Waals surface area contributed by atoms with Crippen molar-refractivity contribution < 1.29 is 9.21 Å². The van der Waals surface area contributed by atoms with Crippen LogP contribution >= 0.6 is 0 Å². The summed E-state index contributed by atoms with van der Waals surface area (Å²) < 4.78 is 5.38. The van der Waals surface area contributed by atoms with Crippen molar-refractivity contribution in [1.82, 2.24) is 5.32 Å². The Kier molecular flexibility index (Phi) is 3.52. The molecule has 0 radical (unpaired) electrons. The van der Waals surface area contributed by atoms with E-state index in [0.717, 1.165) is 37.2 Å². The van der Waals surface area contributed by atoms with E-state index in [2.05, 4.69) is 5.32 Å². The van der Waals surface area contributed by atoms with Gasteiger partial charge in [0.1, 0.15) is 11.5 Å². The molecule has 1 aliphatic rings. The minimum Gasteiger partial charge on any atom is -0.465 e. The molecule has 0 atom stereocenters. The fourth-order valence-electron chi connectivity index (χ4n) is 2.40. The van der Waals surface area contributed by atoms with Gasteiger partial charge >= 0.3 is 0 Å². The Hall–Kier alpha value is -1.29. The molecule has 94 valence electrons. The molecule has 1 amide bonds. The number of aryl methyl sites for hydroxylation is 1. The molecule has 1 aliphatic carbocycles. The molecule has 1 saturated carbocycles. The van der Waals surface area contributed by atoms with Gasteiger partial charge in [0.2, 0.25) is 5.91 Å². The molecular weight excluding hydrogens is 216 g/mol. The molecule has 0 bridgehead atoms. The highest BCUT2D eigenvalue weighted by Crippen LogP contribution is 2.29. The number of carbonyl (C=O) groups is 1. The van der Waals surface area contributed by atoms with E-state index in [1.807, 2.05) is 19.1 Å². The van der Waals surface area contributed by atoms with Gasteiger partial charge in [0.25, 0.3) is 0 Å². The fraction of sp³-hybridized carbons (Fsp3) is 0.615. The molecule has 0 unspecified atom stereocenters. The van der Waals surface area contributed by atoms with Gasteiger partial charge < -0.3 is 15.5 Å². The summed E-state index contributed by atoms with van der Waals surface area (Å²) >= 11 is 0. The summed E-state index contributed by atoms with van der Waals surface area (Å²) in [6.45, 7) is 2.33. The van der Waals surface area contributed by atoms with E-state index in [4.69, 9.17) is 10.2 Å². The first-order valence-electron chi connectivity index (χ1n) is 6.18. The number of furan rings is 1. The van der Waals surface area contributed by atoms with E-state index in [9.17, 15) is 4.79 Å². The number of hydrogen-bond donors (Lipinski definition) is 2. The molecule has 2 rings (SSSR count). The first-order valence-corrected chi connectivity index (χ1v) is 6.18. The number of amides is 1. The first kappa shape index (κ1) is 12.2. The molecule has 1 fully saturated rings. The lowest BCUT2D eigenvalue weighted by Gasteiger charge is -2.22. The smallest absolute Gasteiger partial charge is 0.222 e. The molecule has 1 heterocycles. The van der Waals surface area contributed by atoms with Crippen molar-refractivity contribution in [2.75, 3.05) is 0 Å². The van der Waals surface area contributed by atoms with E-state index in [0.29, 0.717) is 13.0 Å². The third kappa shape index (κ3) is 3.33. The van der Waals surface area contributed by atoms with Crippen molar-refractivity contribution in [3.8, 4) is 0 Å². The van der Waals surface area contributed by atoms with Gasteiger partial charge in [0, 0.05) is 12.0 Å². The second kappa shape index (κ2) is 4.92. The van der Waals surface area contributed by atoms with E-state index in [-0.39, 0.29) is 11.4 Å². The number of rotatable bonds is 4. The molecular formula is C13H20N2O2. The van der Waals surface area contributed by atoms with Crippen molar-refractivity contribution in [2.45, 2.75) is 51.1 Å². The third-order valence-corrected chi connectivity index (χ3v) is 3.37. The number of nitrogens with two attached hydrogens (primary N) is 1. The Morgan fingerprint density at radius 2 is 2.18 bits per heavy atom. The zero-order chi connectivity index (χ0) is 12.3. The molecule has 0 saturated heterocycles. The van der Waals surface area contributed by atoms with Gasteiger partial charge in [-0.1, -0.05) is 12.8 Å². The molecule has 0 aliphatic heterocycles. The van der Waals surface area contributed by atoms with E-state index in [1.54, 1.807) is 0 Å². The summed E-state index contributed by atoms with van der Waals surface area (Å²) in [6.07, 6.45) is 4.62. The second-order valence-corrected chi connectivity index (χ2v) is 5.04. The van der Waals surface area contributed by atoms with Gasteiger partial charge in [-0.2, -0.15) is 0 Å². The largest absolute Gasteiger partial charge is 0.465 e. The minimum atomic E-state index is -0.275. The summed E-state index contributed by atoms with van der Waals surface area (Å²) in [5, 5.41) is 2.85. The quantitative estimate of drug-likeness (QED) is 0.838. The predicted octanol–water partition coefficient (Wildman–Crippen LogP) is 1.87. The Morgan fingerprint density at radius 3 is 2.76 bits per heavy atom. The van der Waals surface area contributed by atoms with Crippen LogP contribution in [0.15, 0.2) is 16.5 Å². The van der Waals surface area contributed by atoms with Crippen molar-refractivity contribution in [3.63, 3.8) is 0 Å². The van der Waals surface area contributed by atoms with Gasteiger partial charge in [-0.05, 0) is 31.9 Å². The van der Waals surface area contributed by atoms with E-state index < -0.39 is 0 Å². The van der Waals surface area contributed by atoms with Crippen LogP contribution in [0.25, 0.3) is 0 Å². The molecule has 3 N–H and O–H groups in total. The van der Waals surface area contributed by atoms with Crippen molar-refractivity contribution in [2.24, 2.45) is 5.73 Å². The molecule has 0 aromatic carbocycles. The van der Waals surface area contributed by atoms with E-state index >= 15 is 0 Å². The first-order chi connectivity index (χ1) is 8.07. The highest BCUT2D eigenvalue weighted by atomic mass is 16.3. The van der Waals surface area contributed by atoms with Crippen molar-refractivity contribution in [1.29, 1.82) is 0 Å². The zero-order valence-corrected chi connectivity index (χ0v) is 10.3. The summed E-state index contributed by atoms with van der Waals surface area (Å²) in [6, 6.07) is 3.77. The fourth-order valence-corrected chi connectivity index (χ4v) is 2.40. The molecule has 1 aromatic rings. The highest BCUT2D eigenvalue weighted by molar-refractivity contribution is 5.77. The summed E-state index contributed by atoms with van der Waals surface area (Å²) in [5.41, 5.74) is 5.87. The maximum Gasteiger partial charge on any atom is 0.222 e. The Labute approximate surface area is 102 Å². The van der Waals surface area contributed by atoms with Crippen LogP contribution in [-0.2, 0) is 11.3 Å². The second-order valence-electron chi connectivity index (χ2n) is 5.04. The van der Waals surface area contributed by atoms with Crippen LogP contribution in [0.1, 0.15) is 43.6 Å². The number of hydrogen-bond acceptors (Lipinski definition) is 3. The van der Waals surface area contributed by atoms with Gasteiger partial charge in [-0.25, -0.2) is 0 Å². The van der Waals surface area contributed by atoms with Gasteiger partial charge in [-0.15, -0.1) is 0 Å². The van der Waals surface area contributed by atoms with Crippen LogP contribution in [-0.4, -0.2) is 11.4 Å². The molecule has 4 heteroatoms. The molecule has 4 nitrogen and oxygen atoms in total. The number of carbonyl (C=O) groups excluding carboxylic acids is 1. The third-order valence-electron chi connectivity index (χ3n) is 3.37. The van der Waals surface area contributed by atoms with Crippen LogP contribution in [0.5, 0.6) is 0 Å². The molecule has 1 aromatic heterocycles. The summed E-state index contributed by atoms with van der Waals surface area (Å²) in [4.78, 5) is 11.8. The highest BCUT2D eigenvalue weighted by Gasteiger charge is 2.31. The topological polar surface area (TPSA) is 68.3 Å². The predicted molar refractivity (Wildman–Crippen MR) is 65.3 cm³/mol. The maximum atomic E-state index is 11.8. The zero-order valence-electron chi connectivity index (χ0n) is 10.3. The Balaban J connectivity index is 1.77. The summed E-state index contributed by atoms with van der Waals surface area (Å²) in [7, 11) is 0. The normalized spacial score (nSPS) is 18.2. The van der Waals surface area contributed by atoms with Gasteiger partial charge in [0.05, 0.1) is 6.54 Å². The van der Waals surface area contributed by atoms with Crippen LogP contribution in [0.3, 0.4) is 0 Å². The average molecular weight is 236 g/mol. The van der Waals surface area contributed by atoms with Crippen LogP contribution in [0.4, 0.5) is 0 Å². The standard InChI is InChI=1S/C13H20N2O2/c1-10-4-5-11(17-10)9-15-12(16)8-13(14)6-2-3-7-13/h4-5H,2-3,6-9,14H2,1H3,(H,15,16). The van der Waals surface area contributed by atoms with Gasteiger partial charge in [0.15, 0.2) is 0 Å². The molecule has 0 spiro atoms. The van der Waals surface area contributed by atoms with Gasteiger partial charge in [-0.3, -0.25) is 4.79 Å². The van der Waals surface area contributed by atoms with E-state index in [1.165, 1.54) is 0 Å². The molecule has 17 heavy (non-hydrogen) atoms. The number of nitrogens with one attached hydrogen (secondary N) is 1. The lowest BCUT2D eigenvalue weighted by atomic mass is 9.94. The maximum absolute atomic E-state index is 11.8. The SMILES string of the molecule is Cc1ccc(CNC(=O)CC2(N)CCCC2)o1. The Morgan fingerprint density at radius 1 is 1.47 bits per heavy atom. The Bertz CT molecular complexity index is 392. The summed E-state index contributed by atoms with van der Waals surface area (Å²) in [5.74, 6) is 1.66. The van der Waals surface area contributed by atoms with Crippen molar-refractivity contribution >= 4 is 5.91 Å². The minimum absolute atomic E-state index is 0.0171. The van der Waals surface area contributed by atoms with Crippen LogP contribution in [0.2, 0.25) is 0 Å². The van der Waals surface area contributed by atoms with Crippen LogP contribution in [0, 0.1) is 6.92 Å². The monoisotopic (exact) mass is 236 g/mol.